The number of amides is 2. The Morgan fingerprint density at radius 3 is 3.11 bits per heavy atom. The van der Waals surface area contributed by atoms with E-state index in [0.717, 1.165) is 25.1 Å². The van der Waals surface area contributed by atoms with Gasteiger partial charge >= 0.3 is 0 Å². The number of rotatable bonds is 2. The summed E-state index contributed by atoms with van der Waals surface area (Å²) in [5.74, 6) is -1.48. The maximum atomic E-state index is 13.0. The van der Waals surface area contributed by atoms with Gasteiger partial charge in [0, 0.05) is 6.54 Å². The van der Waals surface area contributed by atoms with E-state index in [0.29, 0.717) is 13.0 Å². The van der Waals surface area contributed by atoms with Crippen molar-refractivity contribution < 1.29 is 14.0 Å². The highest BCUT2D eigenvalue weighted by Gasteiger charge is 2.24. The van der Waals surface area contributed by atoms with Crippen molar-refractivity contribution in [1.82, 2.24) is 15.6 Å². The average molecular weight is 286 g/mol. The van der Waals surface area contributed by atoms with Crippen LogP contribution >= 0.6 is 11.6 Å². The van der Waals surface area contributed by atoms with E-state index in [1.165, 1.54) is 0 Å². The van der Waals surface area contributed by atoms with Gasteiger partial charge in [-0.2, -0.15) is 0 Å². The van der Waals surface area contributed by atoms with Crippen LogP contribution in [0.4, 0.5) is 4.39 Å². The topological polar surface area (TPSA) is 71.1 Å². The van der Waals surface area contributed by atoms with Crippen molar-refractivity contribution in [2.75, 3.05) is 6.54 Å². The highest BCUT2D eigenvalue weighted by atomic mass is 35.5. The molecule has 0 aromatic carbocycles. The summed E-state index contributed by atoms with van der Waals surface area (Å²) in [6.45, 7) is 0.605. The van der Waals surface area contributed by atoms with Gasteiger partial charge in [-0.05, 0) is 25.3 Å². The molecule has 2 heterocycles. The molecule has 1 aromatic rings. The van der Waals surface area contributed by atoms with Crippen LogP contribution in [0.1, 0.15) is 29.6 Å². The van der Waals surface area contributed by atoms with E-state index < -0.39 is 17.8 Å². The van der Waals surface area contributed by atoms with E-state index >= 15 is 0 Å². The van der Waals surface area contributed by atoms with Gasteiger partial charge < -0.3 is 10.6 Å². The number of hydrogen-bond donors (Lipinski definition) is 2. The Labute approximate surface area is 114 Å². The van der Waals surface area contributed by atoms with Crippen LogP contribution in [0.25, 0.3) is 0 Å². The predicted octanol–water partition coefficient (Wildman–Crippen LogP) is 1.27. The number of aromatic nitrogens is 1. The molecule has 2 N–H and O–H groups in total. The fourth-order valence-electron chi connectivity index (χ4n) is 1.89. The van der Waals surface area contributed by atoms with Crippen LogP contribution in [0.5, 0.6) is 0 Å². The fourth-order valence-corrected chi connectivity index (χ4v) is 2.08. The van der Waals surface area contributed by atoms with Crippen molar-refractivity contribution >= 4 is 23.4 Å². The average Bonchev–Trinajstić information content (AvgIpc) is 2.58. The third-order valence-electron chi connectivity index (χ3n) is 2.89. The highest BCUT2D eigenvalue weighted by molar-refractivity contribution is 6.32. The molecule has 1 fully saturated rings. The lowest BCUT2D eigenvalue weighted by atomic mass is 10.1. The number of nitrogens with one attached hydrogen (secondary N) is 2. The first-order valence-electron chi connectivity index (χ1n) is 5.97. The van der Waals surface area contributed by atoms with Gasteiger partial charge in [0.05, 0.1) is 11.8 Å². The van der Waals surface area contributed by atoms with Crippen LogP contribution in [-0.2, 0) is 4.79 Å². The van der Waals surface area contributed by atoms with Crippen LogP contribution < -0.4 is 10.6 Å². The summed E-state index contributed by atoms with van der Waals surface area (Å²) in [5.41, 5.74) is -0.0706. The van der Waals surface area contributed by atoms with Crippen molar-refractivity contribution in [1.29, 1.82) is 0 Å². The smallest absolute Gasteiger partial charge is 0.255 e. The van der Waals surface area contributed by atoms with Crippen LogP contribution in [-0.4, -0.2) is 29.4 Å². The SMILES string of the molecule is O=C(NC1CCCCNC1=O)c1cc(F)cnc1Cl. The second-order valence-electron chi connectivity index (χ2n) is 4.30. The van der Waals surface area contributed by atoms with Gasteiger partial charge in [-0.25, -0.2) is 9.37 Å². The van der Waals surface area contributed by atoms with Crippen molar-refractivity contribution in [2.45, 2.75) is 25.3 Å². The molecule has 7 heteroatoms. The van der Waals surface area contributed by atoms with Gasteiger partial charge in [0.1, 0.15) is 17.0 Å². The van der Waals surface area contributed by atoms with Gasteiger partial charge in [-0.15, -0.1) is 0 Å². The lowest BCUT2D eigenvalue weighted by Gasteiger charge is -2.15. The minimum absolute atomic E-state index is 0.0706. The molecule has 0 saturated carbocycles. The maximum Gasteiger partial charge on any atom is 0.255 e. The maximum absolute atomic E-state index is 13.0. The Balaban J connectivity index is 2.11. The number of halogens is 2. The Bertz CT molecular complexity index is 510. The number of carbonyl (C=O) groups excluding carboxylic acids is 2. The summed E-state index contributed by atoms with van der Waals surface area (Å²) >= 11 is 5.74. The molecule has 1 aromatic heterocycles. The standard InChI is InChI=1S/C12H13ClFN3O2/c13-10-8(5-7(14)6-16-10)11(18)17-9-3-1-2-4-15-12(9)19/h5-6,9H,1-4H2,(H,15,19)(H,17,18). The van der Waals surface area contributed by atoms with E-state index in [2.05, 4.69) is 15.6 Å². The van der Waals surface area contributed by atoms with Gasteiger partial charge in [-0.3, -0.25) is 9.59 Å². The molecule has 1 atom stereocenters. The number of hydrogen-bond acceptors (Lipinski definition) is 3. The summed E-state index contributed by atoms with van der Waals surface area (Å²) < 4.78 is 13.0. The van der Waals surface area contributed by atoms with Crippen LogP contribution in [0.3, 0.4) is 0 Å². The minimum atomic E-state index is -0.653. The lowest BCUT2D eigenvalue weighted by molar-refractivity contribution is -0.122. The van der Waals surface area contributed by atoms with E-state index in [9.17, 15) is 14.0 Å². The summed E-state index contributed by atoms with van der Waals surface area (Å²) in [5, 5.41) is 5.16. The lowest BCUT2D eigenvalue weighted by Crippen LogP contribution is -2.45. The number of nitrogens with zero attached hydrogens (tertiary/aromatic N) is 1. The van der Waals surface area contributed by atoms with Gasteiger partial charge in [0.2, 0.25) is 5.91 Å². The zero-order valence-corrected chi connectivity index (χ0v) is 10.8. The van der Waals surface area contributed by atoms with Crippen molar-refractivity contribution in [2.24, 2.45) is 0 Å². The molecular weight excluding hydrogens is 273 g/mol. The third-order valence-corrected chi connectivity index (χ3v) is 3.19. The first kappa shape index (κ1) is 13.7. The molecule has 19 heavy (non-hydrogen) atoms. The summed E-state index contributed by atoms with van der Waals surface area (Å²) in [7, 11) is 0. The molecule has 1 aliphatic rings. The molecule has 0 aliphatic carbocycles. The third kappa shape index (κ3) is 3.41. The van der Waals surface area contributed by atoms with Gasteiger partial charge in [-0.1, -0.05) is 11.6 Å². The predicted molar refractivity (Wildman–Crippen MR) is 67.3 cm³/mol. The van der Waals surface area contributed by atoms with Crippen LogP contribution in [0, 0.1) is 5.82 Å². The number of carbonyl (C=O) groups is 2. The first-order chi connectivity index (χ1) is 9.08. The molecule has 5 nitrogen and oxygen atoms in total. The largest absolute Gasteiger partial charge is 0.354 e. The fraction of sp³-hybridized carbons (Fsp3) is 0.417. The summed E-state index contributed by atoms with van der Waals surface area (Å²) in [6, 6.07) is 0.383. The van der Waals surface area contributed by atoms with E-state index in [1.807, 2.05) is 0 Å². The normalized spacial score (nSPS) is 19.5. The summed E-state index contributed by atoms with van der Waals surface area (Å²) in [6.07, 6.45) is 3.19. The molecule has 1 saturated heterocycles. The van der Waals surface area contributed by atoms with Crippen molar-refractivity contribution in [3.63, 3.8) is 0 Å². The van der Waals surface area contributed by atoms with Gasteiger partial charge in [0.15, 0.2) is 0 Å². The van der Waals surface area contributed by atoms with Crippen molar-refractivity contribution in [3.8, 4) is 0 Å². The Morgan fingerprint density at radius 1 is 1.53 bits per heavy atom. The van der Waals surface area contributed by atoms with Gasteiger partial charge in [0.25, 0.3) is 5.91 Å². The highest BCUT2D eigenvalue weighted by Crippen LogP contribution is 2.14. The van der Waals surface area contributed by atoms with Crippen LogP contribution in [0.2, 0.25) is 5.15 Å². The molecular formula is C12H13ClFN3O2. The molecule has 2 amide bonds. The Hall–Kier alpha value is -1.69. The molecule has 0 spiro atoms. The Morgan fingerprint density at radius 2 is 2.32 bits per heavy atom. The van der Waals surface area contributed by atoms with Crippen LogP contribution in [0.15, 0.2) is 12.3 Å². The first-order valence-corrected chi connectivity index (χ1v) is 6.35. The zero-order valence-electron chi connectivity index (χ0n) is 10.1. The monoisotopic (exact) mass is 285 g/mol. The molecule has 0 bridgehead atoms. The molecule has 1 aliphatic heterocycles. The van der Waals surface area contributed by atoms with Crippen molar-refractivity contribution in [3.05, 3.63) is 28.8 Å². The quantitative estimate of drug-likeness (QED) is 0.804. The molecule has 1 unspecified atom stereocenters. The van der Waals surface area contributed by atoms with E-state index in [-0.39, 0.29) is 16.6 Å². The Kier molecular flexibility index (Phi) is 4.31. The molecule has 0 radical (unpaired) electrons. The minimum Gasteiger partial charge on any atom is -0.354 e. The zero-order chi connectivity index (χ0) is 13.8. The molecule has 102 valence electrons. The summed E-state index contributed by atoms with van der Waals surface area (Å²) in [4.78, 5) is 27.2. The second kappa shape index (κ2) is 5.97. The second-order valence-corrected chi connectivity index (χ2v) is 4.66. The van der Waals surface area contributed by atoms with E-state index in [4.69, 9.17) is 11.6 Å². The molecule has 2 rings (SSSR count). The number of pyridine rings is 1. The van der Waals surface area contributed by atoms with E-state index in [1.54, 1.807) is 0 Å².